The molecule has 2 aromatic carbocycles. The Labute approximate surface area is 203 Å². The summed E-state index contributed by atoms with van der Waals surface area (Å²) < 4.78 is 84.6. The number of hydrogen-bond donors (Lipinski definition) is 0. The van der Waals surface area contributed by atoms with Gasteiger partial charge in [0.05, 0.1) is 18.0 Å². The highest BCUT2D eigenvalue weighted by Crippen LogP contribution is 2.27. The van der Waals surface area contributed by atoms with Gasteiger partial charge in [-0.1, -0.05) is 24.3 Å². The molecule has 1 aliphatic heterocycles. The first-order valence-electron chi connectivity index (χ1n) is 10.8. The van der Waals surface area contributed by atoms with Crippen molar-refractivity contribution < 1.29 is 30.2 Å². The summed E-state index contributed by atoms with van der Waals surface area (Å²) in [6.07, 6.45) is -2.95. The van der Waals surface area contributed by atoms with Crippen LogP contribution in [0.4, 0.5) is 18.9 Å². The second-order valence-corrected chi connectivity index (χ2v) is 11.6. The number of nitrogens with zero attached hydrogens (tertiary/aromatic N) is 4. The maximum Gasteiger partial charge on any atom is 0.314 e. The van der Waals surface area contributed by atoms with Gasteiger partial charge in [-0.3, -0.25) is 8.51 Å². The van der Waals surface area contributed by atoms with E-state index in [9.17, 15) is 25.8 Å². The molecule has 188 valence electrons. The molecule has 0 radical (unpaired) electrons. The number of sulfonamides is 1. The quantitative estimate of drug-likeness (QED) is 0.421. The van der Waals surface area contributed by atoms with Crippen molar-refractivity contribution in [1.29, 1.82) is 0 Å². The van der Waals surface area contributed by atoms with E-state index < -0.39 is 39.0 Å². The van der Waals surface area contributed by atoms with Gasteiger partial charge in [0, 0.05) is 53.1 Å². The molecule has 13 heteroatoms. The molecule has 0 unspecified atom stereocenters. The van der Waals surface area contributed by atoms with Crippen molar-refractivity contribution >= 4 is 26.5 Å². The molecule has 0 amide bonds. The Morgan fingerprint density at radius 2 is 1.80 bits per heavy atom. The summed E-state index contributed by atoms with van der Waals surface area (Å²) >= 11 is 0. The van der Waals surface area contributed by atoms with Crippen molar-refractivity contribution in [3.8, 4) is 11.5 Å². The van der Waals surface area contributed by atoms with E-state index in [0.717, 1.165) is 10.4 Å². The van der Waals surface area contributed by atoms with Crippen molar-refractivity contribution in [2.75, 3.05) is 41.2 Å². The van der Waals surface area contributed by atoms with E-state index >= 15 is 0 Å². The van der Waals surface area contributed by atoms with E-state index in [1.807, 2.05) is 4.90 Å². The minimum Gasteiger partial charge on any atom is -0.415 e. The third kappa shape index (κ3) is 6.27. The number of halogens is 3. The Balaban J connectivity index is 1.55. The molecular formula is C22H23F3N4O4S2. The van der Waals surface area contributed by atoms with Gasteiger partial charge in [-0.2, -0.15) is 8.78 Å². The first-order valence-corrected chi connectivity index (χ1v) is 13.9. The molecule has 0 saturated carbocycles. The Morgan fingerprint density at radius 3 is 2.43 bits per heavy atom. The van der Waals surface area contributed by atoms with Crippen LogP contribution in [-0.4, -0.2) is 64.6 Å². The lowest BCUT2D eigenvalue weighted by Gasteiger charge is -2.29. The van der Waals surface area contributed by atoms with Crippen molar-refractivity contribution in [3.63, 3.8) is 0 Å². The largest absolute Gasteiger partial charge is 0.415 e. The third-order valence-electron chi connectivity index (χ3n) is 5.56. The van der Waals surface area contributed by atoms with Crippen LogP contribution >= 0.6 is 0 Å². The van der Waals surface area contributed by atoms with E-state index in [-0.39, 0.29) is 35.9 Å². The van der Waals surface area contributed by atoms with E-state index in [1.165, 1.54) is 12.1 Å². The first-order chi connectivity index (χ1) is 16.7. The fourth-order valence-electron chi connectivity index (χ4n) is 3.60. The Kier molecular flexibility index (Phi) is 7.87. The Hall–Kier alpha value is -2.77. The normalized spacial score (nSPS) is 15.5. The Morgan fingerprint density at radius 1 is 1.09 bits per heavy atom. The highest BCUT2D eigenvalue weighted by atomic mass is 32.2. The predicted molar refractivity (Wildman–Crippen MR) is 125 cm³/mol. The molecule has 1 fully saturated rings. The zero-order chi connectivity index (χ0) is 25.0. The number of hydrogen-bond acceptors (Lipinski definition) is 7. The van der Waals surface area contributed by atoms with Crippen molar-refractivity contribution in [3.05, 3.63) is 65.8 Å². The second-order valence-electron chi connectivity index (χ2n) is 7.90. The number of rotatable bonds is 9. The molecule has 4 rings (SSSR count). The fourth-order valence-corrected chi connectivity index (χ4v) is 6.22. The smallest absolute Gasteiger partial charge is 0.314 e. The molecule has 35 heavy (non-hydrogen) atoms. The Bertz CT molecular complexity index is 1280. The van der Waals surface area contributed by atoms with Crippen LogP contribution in [0.5, 0.6) is 0 Å². The molecule has 0 aliphatic carbocycles. The fraction of sp³-hybridized carbons (Fsp3) is 0.364. The molecule has 0 bridgehead atoms. The van der Waals surface area contributed by atoms with Gasteiger partial charge in [0.2, 0.25) is 15.9 Å². The van der Waals surface area contributed by atoms with Crippen molar-refractivity contribution in [2.45, 2.75) is 13.0 Å². The van der Waals surface area contributed by atoms with Gasteiger partial charge in [-0.05, 0) is 24.3 Å². The van der Waals surface area contributed by atoms with Crippen LogP contribution < -0.4 is 4.31 Å². The topological polar surface area (TPSA) is 96.6 Å². The summed E-state index contributed by atoms with van der Waals surface area (Å²) in [5.41, 5.74) is 0.569. The predicted octanol–water partition coefficient (Wildman–Crippen LogP) is 3.21. The maximum absolute atomic E-state index is 15.0. The van der Waals surface area contributed by atoms with Crippen molar-refractivity contribution in [2.24, 2.45) is 0 Å². The minimum atomic E-state index is -3.85. The number of para-hydroxylation sites is 1. The van der Waals surface area contributed by atoms with Gasteiger partial charge < -0.3 is 9.32 Å². The second kappa shape index (κ2) is 10.9. The summed E-state index contributed by atoms with van der Waals surface area (Å²) in [5.74, 6) is -1.04. The van der Waals surface area contributed by atoms with Crippen LogP contribution in [0.1, 0.15) is 17.9 Å². The van der Waals surface area contributed by atoms with Gasteiger partial charge >= 0.3 is 6.43 Å². The van der Waals surface area contributed by atoms with Gasteiger partial charge in [0.25, 0.3) is 5.89 Å². The molecule has 8 nitrogen and oxygen atoms in total. The summed E-state index contributed by atoms with van der Waals surface area (Å²) in [4.78, 5) is 1.95. The van der Waals surface area contributed by atoms with E-state index in [0.29, 0.717) is 30.3 Å². The highest BCUT2D eigenvalue weighted by Gasteiger charge is 2.26. The van der Waals surface area contributed by atoms with Gasteiger partial charge in [-0.25, -0.2) is 12.8 Å². The maximum atomic E-state index is 15.0. The van der Waals surface area contributed by atoms with E-state index in [1.54, 1.807) is 30.3 Å². The number of aromatic nitrogens is 2. The number of benzene rings is 2. The van der Waals surface area contributed by atoms with Crippen LogP contribution in [0.2, 0.25) is 0 Å². The number of anilines is 1. The minimum absolute atomic E-state index is 0.0862. The van der Waals surface area contributed by atoms with Crippen LogP contribution in [0.15, 0.2) is 52.9 Å². The monoisotopic (exact) mass is 528 g/mol. The molecule has 2 heterocycles. The molecular weight excluding hydrogens is 505 g/mol. The molecule has 0 N–H and O–H groups in total. The molecule has 3 aromatic rings. The SMILES string of the molecule is O=S1CCN(CCS(=O)(=O)N(Cc2ccc(-c3nnc(C(F)F)o3)cc2F)c2ccccc2)CC1. The third-order valence-corrected chi connectivity index (χ3v) is 8.54. The lowest BCUT2D eigenvalue weighted by Crippen LogP contribution is -2.42. The summed E-state index contributed by atoms with van der Waals surface area (Å²) in [6.45, 7) is 1.13. The lowest BCUT2D eigenvalue weighted by atomic mass is 10.1. The molecule has 0 spiro atoms. The average Bonchev–Trinajstić information content (AvgIpc) is 3.34. The van der Waals surface area contributed by atoms with Crippen LogP contribution in [0.3, 0.4) is 0 Å². The van der Waals surface area contributed by atoms with E-state index in [2.05, 4.69) is 10.2 Å². The standard InChI is InChI=1S/C22H23F3N4O4S2/c23-19-14-16(21-26-27-22(33-21)20(24)25)6-7-17(19)15-29(18-4-2-1-3-5-18)35(31,32)13-10-28-8-11-34(30)12-9-28/h1-7,14,20H,8-13,15H2. The highest BCUT2D eigenvalue weighted by molar-refractivity contribution is 7.92. The van der Waals surface area contributed by atoms with Gasteiger partial charge in [0.1, 0.15) is 5.82 Å². The summed E-state index contributed by atoms with van der Waals surface area (Å²) in [7, 11) is -4.71. The van der Waals surface area contributed by atoms with Gasteiger partial charge in [-0.15, -0.1) is 10.2 Å². The zero-order valence-electron chi connectivity index (χ0n) is 18.5. The lowest BCUT2D eigenvalue weighted by molar-refractivity contribution is 0.116. The van der Waals surface area contributed by atoms with Crippen LogP contribution in [0, 0.1) is 5.82 Å². The van der Waals surface area contributed by atoms with Gasteiger partial charge in [0.15, 0.2) is 0 Å². The van der Waals surface area contributed by atoms with Crippen molar-refractivity contribution in [1.82, 2.24) is 15.1 Å². The molecule has 1 aromatic heterocycles. The van der Waals surface area contributed by atoms with Crippen LogP contribution in [-0.2, 0) is 27.4 Å². The van der Waals surface area contributed by atoms with Crippen LogP contribution in [0.25, 0.3) is 11.5 Å². The molecule has 0 atom stereocenters. The van der Waals surface area contributed by atoms with E-state index in [4.69, 9.17) is 4.42 Å². The molecule has 1 saturated heterocycles. The molecule has 1 aliphatic rings. The number of alkyl halides is 2. The summed E-state index contributed by atoms with van der Waals surface area (Å²) in [6, 6.07) is 12.2. The first kappa shape index (κ1) is 25.3. The summed E-state index contributed by atoms with van der Waals surface area (Å²) in [5, 5.41) is 6.74. The zero-order valence-corrected chi connectivity index (χ0v) is 20.2. The average molecular weight is 529 g/mol.